The van der Waals surface area contributed by atoms with Gasteiger partial charge in [-0.3, -0.25) is 14.9 Å². The van der Waals surface area contributed by atoms with Crippen LogP contribution >= 0.6 is 0 Å². The SMILES string of the molecule is CC1CCCC(NC(=O)c2cccc(N)c2[N+](=O)[O-])CC1. The summed E-state index contributed by atoms with van der Waals surface area (Å²) in [6.45, 7) is 2.22. The lowest BCUT2D eigenvalue weighted by molar-refractivity contribution is -0.384. The highest BCUT2D eigenvalue weighted by Gasteiger charge is 2.25. The van der Waals surface area contributed by atoms with Crippen molar-refractivity contribution in [1.82, 2.24) is 5.32 Å². The predicted octanol–water partition coefficient (Wildman–Crippen LogP) is 2.88. The van der Waals surface area contributed by atoms with Crippen LogP contribution in [0.1, 0.15) is 49.4 Å². The Morgan fingerprint density at radius 1 is 1.33 bits per heavy atom. The molecular formula is C15H21N3O3. The fourth-order valence-corrected chi connectivity index (χ4v) is 2.84. The van der Waals surface area contributed by atoms with E-state index < -0.39 is 10.8 Å². The van der Waals surface area contributed by atoms with E-state index in [-0.39, 0.29) is 23.0 Å². The van der Waals surface area contributed by atoms with Crippen molar-refractivity contribution in [3.05, 3.63) is 33.9 Å². The topological polar surface area (TPSA) is 98.3 Å². The lowest BCUT2D eigenvalue weighted by atomic mass is 10.0. The first-order valence-corrected chi connectivity index (χ1v) is 7.32. The number of benzene rings is 1. The summed E-state index contributed by atoms with van der Waals surface area (Å²) in [5.41, 5.74) is 5.36. The fourth-order valence-electron chi connectivity index (χ4n) is 2.84. The Morgan fingerprint density at radius 3 is 2.81 bits per heavy atom. The minimum atomic E-state index is -0.598. The highest BCUT2D eigenvalue weighted by atomic mass is 16.6. The first-order valence-electron chi connectivity index (χ1n) is 7.32. The van der Waals surface area contributed by atoms with Crippen molar-refractivity contribution in [3.8, 4) is 0 Å². The van der Waals surface area contributed by atoms with Gasteiger partial charge in [0.05, 0.1) is 4.92 Å². The number of nitro benzene ring substituents is 1. The number of hydrogen-bond acceptors (Lipinski definition) is 4. The van der Waals surface area contributed by atoms with Gasteiger partial charge in [-0.05, 0) is 37.3 Å². The van der Waals surface area contributed by atoms with Crippen LogP contribution in [0.5, 0.6) is 0 Å². The molecule has 21 heavy (non-hydrogen) atoms. The van der Waals surface area contributed by atoms with E-state index >= 15 is 0 Å². The summed E-state index contributed by atoms with van der Waals surface area (Å²) in [6.07, 6.45) is 5.16. The van der Waals surface area contributed by atoms with Crippen LogP contribution in [0.15, 0.2) is 18.2 Å². The summed E-state index contributed by atoms with van der Waals surface area (Å²) in [4.78, 5) is 22.8. The maximum Gasteiger partial charge on any atom is 0.304 e. The minimum absolute atomic E-state index is 0.0159. The van der Waals surface area contributed by atoms with Gasteiger partial charge in [-0.2, -0.15) is 0 Å². The van der Waals surface area contributed by atoms with Crippen molar-refractivity contribution in [2.24, 2.45) is 5.92 Å². The molecule has 0 aromatic heterocycles. The van der Waals surface area contributed by atoms with Crippen molar-refractivity contribution in [2.45, 2.75) is 45.1 Å². The molecule has 2 atom stereocenters. The second-order valence-electron chi connectivity index (χ2n) is 5.78. The largest absolute Gasteiger partial charge is 0.393 e. The van der Waals surface area contributed by atoms with Gasteiger partial charge in [-0.1, -0.05) is 25.8 Å². The Balaban J connectivity index is 2.13. The molecule has 1 fully saturated rings. The molecule has 6 heteroatoms. The molecule has 2 unspecified atom stereocenters. The second kappa shape index (κ2) is 6.56. The summed E-state index contributed by atoms with van der Waals surface area (Å²) in [5, 5.41) is 14.0. The smallest absolute Gasteiger partial charge is 0.304 e. The predicted molar refractivity (Wildman–Crippen MR) is 81.0 cm³/mol. The molecular weight excluding hydrogens is 270 g/mol. The number of hydrogen-bond donors (Lipinski definition) is 2. The maximum absolute atomic E-state index is 12.3. The normalized spacial score (nSPS) is 22.3. The van der Waals surface area contributed by atoms with Crippen molar-refractivity contribution < 1.29 is 9.72 Å². The highest BCUT2D eigenvalue weighted by molar-refractivity contribution is 6.00. The molecule has 1 aromatic rings. The molecule has 0 bridgehead atoms. The van der Waals surface area contributed by atoms with Crippen molar-refractivity contribution in [3.63, 3.8) is 0 Å². The van der Waals surface area contributed by atoms with Gasteiger partial charge in [0.15, 0.2) is 0 Å². The average Bonchev–Trinajstić information content (AvgIpc) is 2.63. The molecule has 1 saturated carbocycles. The molecule has 3 N–H and O–H groups in total. The number of amides is 1. The van der Waals surface area contributed by atoms with Crippen LogP contribution < -0.4 is 11.1 Å². The van der Waals surface area contributed by atoms with Gasteiger partial charge < -0.3 is 11.1 Å². The quantitative estimate of drug-likeness (QED) is 0.387. The van der Waals surface area contributed by atoms with E-state index in [1.807, 2.05) is 0 Å². The van der Waals surface area contributed by atoms with E-state index in [1.165, 1.54) is 18.6 Å². The molecule has 1 aliphatic rings. The number of carbonyl (C=O) groups excluding carboxylic acids is 1. The molecule has 0 heterocycles. The Bertz CT molecular complexity index is 545. The van der Waals surface area contributed by atoms with Gasteiger partial charge in [0.2, 0.25) is 0 Å². The van der Waals surface area contributed by atoms with Crippen molar-refractivity contribution >= 4 is 17.3 Å². The van der Waals surface area contributed by atoms with Crippen molar-refractivity contribution in [2.75, 3.05) is 5.73 Å². The summed E-state index contributed by atoms with van der Waals surface area (Å²) in [6, 6.07) is 4.53. The Labute approximate surface area is 123 Å². The zero-order valence-electron chi connectivity index (χ0n) is 12.2. The number of nitro groups is 1. The van der Waals surface area contributed by atoms with Crippen LogP contribution in [0.3, 0.4) is 0 Å². The zero-order valence-corrected chi connectivity index (χ0v) is 12.2. The molecule has 0 saturated heterocycles. The monoisotopic (exact) mass is 291 g/mol. The van der Waals surface area contributed by atoms with E-state index in [1.54, 1.807) is 6.07 Å². The summed E-state index contributed by atoms with van der Waals surface area (Å²) in [5.74, 6) is 0.266. The summed E-state index contributed by atoms with van der Waals surface area (Å²) < 4.78 is 0. The van der Waals surface area contributed by atoms with Gasteiger partial charge >= 0.3 is 5.69 Å². The van der Waals surface area contributed by atoms with E-state index in [0.717, 1.165) is 25.7 Å². The van der Waals surface area contributed by atoms with E-state index in [2.05, 4.69) is 12.2 Å². The molecule has 1 aromatic carbocycles. The number of anilines is 1. The number of nitrogens with zero attached hydrogens (tertiary/aromatic N) is 1. The van der Waals surface area contributed by atoms with E-state index in [0.29, 0.717) is 5.92 Å². The maximum atomic E-state index is 12.3. The lowest BCUT2D eigenvalue weighted by Crippen LogP contribution is -2.34. The van der Waals surface area contributed by atoms with Gasteiger partial charge in [0, 0.05) is 6.04 Å². The van der Waals surface area contributed by atoms with Gasteiger partial charge in [-0.15, -0.1) is 0 Å². The first kappa shape index (κ1) is 15.3. The Morgan fingerprint density at radius 2 is 2.10 bits per heavy atom. The van der Waals surface area contributed by atoms with Gasteiger partial charge in [0.1, 0.15) is 11.3 Å². The van der Waals surface area contributed by atoms with Gasteiger partial charge in [0.25, 0.3) is 5.91 Å². The Kier molecular flexibility index (Phi) is 4.77. The Hall–Kier alpha value is -2.11. The van der Waals surface area contributed by atoms with E-state index in [9.17, 15) is 14.9 Å². The molecule has 114 valence electrons. The van der Waals surface area contributed by atoms with Crippen LogP contribution in [0, 0.1) is 16.0 Å². The first-order chi connectivity index (χ1) is 9.99. The summed E-state index contributed by atoms with van der Waals surface area (Å²) >= 11 is 0. The highest BCUT2D eigenvalue weighted by Crippen LogP contribution is 2.27. The molecule has 2 rings (SSSR count). The van der Waals surface area contributed by atoms with E-state index in [4.69, 9.17) is 5.73 Å². The number of rotatable bonds is 3. The minimum Gasteiger partial charge on any atom is -0.393 e. The van der Waals surface area contributed by atoms with Crippen LogP contribution in [0.4, 0.5) is 11.4 Å². The molecule has 0 spiro atoms. The van der Waals surface area contributed by atoms with Crippen LogP contribution in [-0.4, -0.2) is 16.9 Å². The van der Waals surface area contributed by atoms with Crippen LogP contribution in [-0.2, 0) is 0 Å². The number of nitrogen functional groups attached to an aromatic ring is 1. The zero-order chi connectivity index (χ0) is 15.4. The van der Waals surface area contributed by atoms with Crippen LogP contribution in [0.25, 0.3) is 0 Å². The molecule has 0 radical (unpaired) electrons. The van der Waals surface area contributed by atoms with Crippen molar-refractivity contribution in [1.29, 1.82) is 0 Å². The number of nitrogens with two attached hydrogens (primary N) is 1. The standard InChI is InChI=1S/C15H21N3O3/c1-10-4-2-5-11(9-8-10)17-15(19)12-6-3-7-13(16)14(12)18(20)21/h3,6-7,10-11H,2,4-5,8-9,16H2,1H3,(H,17,19). The van der Waals surface area contributed by atoms with Gasteiger partial charge in [-0.25, -0.2) is 0 Å². The fraction of sp³-hybridized carbons (Fsp3) is 0.533. The summed E-state index contributed by atoms with van der Waals surface area (Å²) in [7, 11) is 0. The molecule has 1 aliphatic carbocycles. The molecule has 1 amide bonds. The third-order valence-corrected chi connectivity index (χ3v) is 4.09. The average molecular weight is 291 g/mol. The molecule has 0 aliphatic heterocycles. The molecule has 6 nitrogen and oxygen atoms in total. The number of carbonyl (C=O) groups is 1. The second-order valence-corrected chi connectivity index (χ2v) is 5.78. The number of nitrogens with one attached hydrogen (secondary N) is 1. The number of para-hydroxylation sites is 1. The lowest BCUT2D eigenvalue weighted by Gasteiger charge is -2.16. The van der Waals surface area contributed by atoms with Crippen LogP contribution in [0.2, 0.25) is 0 Å². The third kappa shape index (κ3) is 3.71. The third-order valence-electron chi connectivity index (χ3n) is 4.09.